The number of likely N-dealkylation sites (tertiary alicyclic amines) is 1. The molecule has 9 heteroatoms. The normalized spacial score (nSPS) is 19.6. The van der Waals surface area contributed by atoms with Gasteiger partial charge in [0.05, 0.1) is 22.8 Å². The number of nitrogens with one attached hydrogen (secondary N) is 1. The van der Waals surface area contributed by atoms with Crippen LogP contribution in [0.2, 0.25) is 5.02 Å². The Hall–Kier alpha value is -2.99. The first-order chi connectivity index (χ1) is 17.0. The summed E-state index contributed by atoms with van der Waals surface area (Å²) in [5.41, 5.74) is 1.41. The first-order valence-corrected chi connectivity index (χ1v) is 12.5. The van der Waals surface area contributed by atoms with Crippen LogP contribution in [0.1, 0.15) is 31.2 Å². The molecule has 2 N–H and O–H groups in total. The number of anilines is 3. The smallest absolute Gasteiger partial charge is 0.227 e. The number of aliphatic hydroxyl groups excluding tert-OH is 1. The second-order valence-corrected chi connectivity index (χ2v) is 9.81. The number of hydrogen-bond donors (Lipinski definition) is 2. The fourth-order valence-electron chi connectivity index (χ4n) is 5.15. The number of rotatable bonds is 5. The molecule has 2 fully saturated rings. The molecular weight excluding hydrogens is 467 g/mol. The molecule has 1 aromatic heterocycles. The zero-order valence-corrected chi connectivity index (χ0v) is 20.2. The van der Waals surface area contributed by atoms with E-state index in [0.29, 0.717) is 45.2 Å². The average molecular weight is 495 g/mol. The van der Waals surface area contributed by atoms with E-state index >= 15 is 0 Å². The number of nitriles is 1. The molecule has 35 heavy (non-hydrogen) atoms. The first kappa shape index (κ1) is 23.7. The molecule has 0 amide bonds. The lowest BCUT2D eigenvalue weighted by molar-refractivity contribution is 0.0776. The van der Waals surface area contributed by atoms with Crippen molar-refractivity contribution in [3.63, 3.8) is 0 Å². The van der Waals surface area contributed by atoms with Crippen LogP contribution in [-0.4, -0.2) is 58.8 Å². The monoisotopic (exact) mass is 494 g/mol. The highest BCUT2D eigenvalue weighted by Crippen LogP contribution is 2.31. The van der Waals surface area contributed by atoms with Crippen LogP contribution in [0.4, 0.5) is 21.8 Å². The van der Waals surface area contributed by atoms with E-state index in [2.05, 4.69) is 21.2 Å². The Bertz CT molecular complexity index is 1260. The van der Waals surface area contributed by atoms with E-state index in [9.17, 15) is 14.8 Å². The third-order valence-corrected chi connectivity index (χ3v) is 7.31. The maximum Gasteiger partial charge on any atom is 0.227 e. The van der Waals surface area contributed by atoms with Crippen LogP contribution in [0.5, 0.6) is 0 Å². The first-order valence-electron chi connectivity index (χ1n) is 12.1. The van der Waals surface area contributed by atoms with Gasteiger partial charge in [-0.15, -0.1) is 0 Å². The second kappa shape index (κ2) is 10.3. The van der Waals surface area contributed by atoms with Gasteiger partial charge in [-0.3, -0.25) is 4.90 Å². The maximum atomic E-state index is 14.5. The Kier molecular flexibility index (Phi) is 7.00. The van der Waals surface area contributed by atoms with Gasteiger partial charge in [-0.2, -0.15) is 10.2 Å². The van der Waals surface area contributed by atoms with Gasteiger partial charge in [-0.25, -0.2) is 9.37 Å². The molecule has 5 rings (SSSR count). The molecule has 2 saturated heterocycles. The Morgan fingerprint density at radius 1 is 1.11 bits per heavy atom. The SMILES string of the molecule is N#Cc1ccc2c(Nc3ccc(Cl)cc3F)nc(N3CCC(N4CCCC(CO)C4)CC3)nc2c1. The standard InChI is InChI=1S/C26H28ClFN6O/c27-19-4-6-23(22(28)13-19)30-25-21-5-3-17(14-29)12-24(21)31-26(32-25)33-10-7-20(8-11-33)34-9-1-2-18(15-34)16-35/h3-6,12-13,18,20,35H,1-2,7-11,15-16H2,(H,30,31,32). The fourth-order valence-corrected chi connectivity index (χ4v) is 5.31. The number of aromatic nitrogens is 2. The van der Waals surface area contributed by atoms with Gasteiger partial charge in [0, 0.05) is 42.7 Å². The van der Waals surface area contributed by atoms with Gasteiger partial charge in [0.25, 0.3) is 0 Å². The summed E-state index contributed by atoms with van der Waals surface area (Å²) in [6, 6.07) is 12.3. The summed E-state index contributed by atoms with van der Waals surface area (Å²) in [7, 11) is 0. The molecule has 1 atom stereocenters. The number of piperidine rings is 2. The van der Waals surface area contributed by atoms with Crippen LogP contribution in [0, 0.1) is 23.1 Å². The highest BCUT2D eigenvalue weighted by Gasteiger charge is 2.29. The minimum atomic E-state index is -0.469. The van der Waals surface area contributed by atoms with Gasteiger partial charge in [-0.05, 0) is 74.5 Å². The number of benzene rings is 2. The van der Waals surface area contributed by atoms with Crippen LogP contribution in [0.25, 0.3) is 10.9 Å². The highest BCUT2D eigenvalue weighted by atomic mass is 35.5. The quantitative estimate of drug-likeness (QED) is 0.531. The lowest BCUT2D eigenvalue weighted by Gasteiger charge is -2.42. The number of halogens is 2. The predicted octanol–water partition coefficient (Wildman–Crippen LogP) is 4.71. The number of aliphatic hydroxyl groups is 1. The topological polar surface area (TPSA) is 88.3 Å². The van der Waals surface area contributed by atoms with E-state index in [0.717, 1.165) is 51.9 Å². The maximum absolute atomic E-state index is 14.5. The van der Waals surface area contributed by atoms with E-state index in [-0.39, 0.29) is 12.3 Å². The molecule has 0 radical (unpaired) electrons. The van der Waals surface area contributed by atoms with Crippen molar-refractivity contribution in [2.75, 3.05) is 43.0 Å². The van der Waals surface area contributed by atoms with Crippen molar-refractivity contribution in [1.29, 1.82) is 5.26 Å². The van der Waals surface area contributed by atoms with E-state index in [1.807, 2.05) is 0 Å². The molecule has 0 bridgehead atoms. The van der Waals surface area contributed by atoms with Gasteiger partial charge in [0.2, 0.25) is 5.95 Å². The molecule has 7 nitrogen and oxygen atoms in total. The molecule has 3 aromatic rings. The summed E-state index contributed by atoms with van der Waals surface area (Å²) in [5.74, 6) is 0.958. The molecule has 2 aliphatic rings. The van der Waals surface area contributed by atoms with Gasteiger partial charge in [-0.1, -0.05) is 11.6 Å². The lowest BCUT2D eigenvalue weighted by atomic mass is 9.94. The van der Waals surface area contributed by atoms with Gasteiger partial charge in [0.15, 0.2) is 0 Å². The largest absolute Gasteiger partial charge is 0.396 e. The molecule has 0 aliphatic carbocycles. The van der Waals surface area contributed by atoms with Crippen LogP contribution < -0.4 is 10.2 Å². The summed E-state index contributed by atoms with van der Waals surface area (Å²) < 4.78 is 14.5. The van der Waals surface area contributed by atoms with Crippen LogP contribution in [-0.2, 0) is 0 Å². The number of nitrogens with zero attached hydrogens (tertiary/aromatic N) is 5. The molecule has 0 spiro atoms. The molecule has 1 unspecified atom stereocenters. The van der Waals surface area contributed by atoms with Crippen LogP contribution >= 0.6 is 11.6 Å². The van der Waals surface area contributed by atoms with Crippen molar-refractivity contribution in [3.05, 3.63) is 52.8 Å². The Morgan fingerprint density at radius 2 is 1.94 bits per heavy atom. The van der Waals surface area contributed by atoms with Crippen molar-refractivity contribution in [2.45, 2.75) is 31.7 Å². The molecular formula is C26H28ClFN6O. The van der Waals surface area contributed by atoms with Crippen molar-refractivity contribution >= 4 is 40.0 Å². The van der Waals surface area contributed by atoms with E-state index in [1.165, 1.54) is 6.07 Å². The molecule has 3 heterocycles. The second-order valence-electron chi connectivity index (χ2n) is 9.37. The van der Waals surface area contributed by atoms with Gasteiger partial charge < -0.3 is 15.3 Å². The van der Waals surface area contributed by atoms with E-state index in [1.54, 1.807) is 30.3 Å². The van der Waals surface area contributed by atoms with Crippen molar-refractivity contribution in [2.24, 2.45) is 5.92 Å². The van der Waals surface area contributed by atoms with Crippen LogP contribution in [0.15, 0.2) is 36.4 Å². The highest BCUT2D eigenvalue weighted by molar-refractivity contribution is 6.30. The average Bonchev–Trinajstić information content (AvgIpc) is 2.90. The van der Waals surface area contributed by atoms with E-state index < -0.39 is 5.82 Å². The zero-order valence-electron chi connectivity index (χ0n) is 19.4. The summed E-state index contributed by atoms with van der Waals surface area (Å²) in [5, 5.41) is 23.1. The summed E-state index contributed by atoms with van der Waals surface area (Å²) >= 11 is 5.91. The summed E-state index contributed by atoms with van der Waals surface area (Å²) in [6.07, 6.45) is 4.22. The third-order valence-electron chi connectivity index (χ3n) is 7.07. The summed E-state index contributed by atoms with van der Waals surface area (Å²) in [4.78, 5) is 14.2. The van der Waals surface area contributed by atoms with E-state index in [4.69, 9.17) is 21.6 Å². The molecule has 2 aliphatic heterocycles. The van der Waals surface area contributed by atoms with Crippen molar-refractivity contribution in [1.82, 2.24) is 14.9 Å². The minimum absolute atomic E-state index is 0.259. The predicted molar refractivity (Wildman–Crippen MR) is 136 cm³/mol. The molecule has 182 valence electrons. The number of hydrogen-bond acceptors (Lipinski definition) is 7. The third kappa shape index (κ3) is 5.18. The summed E-state index contributed by atoms with van der Waals surface area (Å²) in [6.45, 7) is 3.93. The Morgan fingerprint density at radius 3 is 2.69 bits per heavy atom. The Labute approximate surface area is 209 Å². The molecule has 0 saturated carbocycles. The lowest BCUT2D eigenvalue weighted by Crippen LogP contribution is -2.49. The van der Waals surface area contributed by atoms with Crippen LogP contribution in [0.3, 0.4) is 0 Å². The minimum Gasteiger partial charge on any atom is -0.396 e. The zero-order chi connectivity index (χ0) is 24.4. The molecule has 2 aromatic carbocycles. The van der Waals surface area contributed by atoms with Gasteiger partial charge in [0.1, 0.15) is 11.6 Å². The Balaban J connectivity index is 1.40. The fraction of sp³-hybridized carbons (Fsp3) is 0.423. The van der Waals surface area contributed by atoms with Crippen molar-refractivity contribution < 1.29 is 9.50 Å². The van der Waals surface area contributed by atoms with Crippen molar-refractivity contribution in [3.8, 4) is 6.07 Å². The van der Waals surface area contributed by atoms with Gasteiger partial charge >= 0.3 is 0 Å². The number of fused-ring (bicyclic) bond motifs is 1.